The zero-order valence-corrected chi connectivity index (χ0v) is 16.9. The average Bonchev–Trinajstić information content (AvgIpc) is 3.08. The van der Waals surface area contributed by atoms with E-state index in [0.717, 1.165) is 39.0 Å². The van der Waals surface area contributed by atoms with E-state index < -0.39 is 0 Å². The zero-order valence-electron chi connectivity index (χ0n) is 16.9. The second kappa shape index (κ2) is 8.93. The van der Waals surface area contributed by atoms with Crippen molar-refractivity contribution >= 4 is 5.91 Å². The van der Waals surface area contributed by atoms with Crippen LogP contribution in [0.3, 0.4) is 0 Å². The SMILES string of the molecule is CCOc1ccc(C(=O)N2CCCC2CN2CC(C)OC(C)C2)cc1OC. The van der Waals surface area contributed by atoms with Crippen molar-refractivity contribution in [1.29, 1.82) is 0 Å². The Kier molecular flexibility index (Phi) is 6.60. The van der Waals surface area contributed by atoms with E-state index in [1.165, 1.54) is 0 Å². The summed E-state index contributed by atoms with van der Waals surface area (Å²) < 4.78 is 16.8. The number of carbonyl (C=O) groups is 1. The number of hydrogen-bond donors (Lipinski definition) is 0. The molecule has 1 aromatic rings. The van der Waals surface area contributed by atoms with E-state index in [2.05, 4.69) is 18.7 Å². The van der Waals surface area contributed by atoms with Crippen molar-refractivity contribution in [2.24, 2.45) is 0 Å². The molecule has 27 heavy (non-hydrogen) atoms. The van der Waals surface area contributed by atoms with Crippen LogP contribution in [0.1, 0.15) is 44.0 Å². The number of nitrogens with zero attached hydrogens (tertiary/aromatic N) is 2. The van der Waals surface area contributed by atoms with E-state index in [9.17, 15) is 4.79 Å². The molecule has 2 saturated heterocycles. The molecule has 6 nitrogen and oxygen atoms in total. The van der Waals surface area contributed by atoms with Crippen molar-refractivity contribution in [3.63, 3.8) is 0 Å². The molecular formula is C21H32N2O4. The van der Waals surface area contributed by atoms with Crippen molar-refractivity contribution in [3.05, 3.63) is 23.8 Å². The fraction of sp³-hybridized carbons (Fsp3) is 0.667. The number of morpholine rings is 1. The maximum atomic E-state index is 13.2. The Bertz CT molecular complexity index is 641. The summed E-state index contributed by atoms with van der Waals surface area (Å²) in [7, 11) is 1.60. The van der Waals surface area contributed by atoms with Gasteiger partial charge in [-0.1, -0.05) is 0 Å². The maximum absolute atomic E-state index is 13.2. The molecule has 1 amide bonds. The van der Waals surface area contributed by atoms with Gasteiger partial charge < -0.3 is 19.1 Å². The van der Waals surface area contributed by atoms with Crippen molar-refractivity contribution < 1.29 is 19.0 Å². The minimum Gasteiger partial charge on any atom is -0.493 e. The molecule has 2 aliphatic rings. The highest BCUT2D eigenvalue weighted by molar-refractivity contribution is 5.95. The lowest BCUT2D eigenvalue weighted by atomic mass is 10.1. The number of rotatable bonds is 6. The first-order chi connectivity index (χ1) is 13.0. The summed E-state index contributed by atoms with van der Waals surface area (Å²) in [5.74, 6) is 1.35. The van der Waals surface area contributed by atoms with Crippen LogP contribution < -0.4 is 9.47 Å². The van der Waals surface area contributed by atoms with Crippen LogP contribution in [0.15, 0.2) is 18.2 Å². The highest BCUT2D eigenvalue weighted by Crippen LogP contribution is 2.30. The zero-order chi connectivity index (χ0) is 19.4. The van der Waals surface area contributed by atoms with Gasteiger partial charge in [0.2, 0.25) is 0 Å². The van der Waals surface area contributed by atoms with Gasteiger partial charge in [-0.15, -0.1) is 0 Å². The lowest BCUT2D eigenvalue weighted by Crippen LogP contribution is -2.50. The van der Waals surface area contributed by atoms with Gasteiger partial charge in [0.1, 0.15) is 0 Å². The summed E-state index contributed by atoms with van der Waals surface area (Å²) in [6.45, 7) is 10.3. The van der Waals surface area contributed by atoms with Crippen molar-refractivity contribution in [1.82, 2.24) is 9.80 Å². The quantitative estimate of drug-likeness (QED) is 0.764. The fourth-order valence-corrected chi connectivity index (χ4v) is 4.27. The first-order valence-electron chi connectivity index (χ1n) is 10.0. The van der Waals surface area contributed by atoms with Crippen LogP contribution in [0.25, 0.3) is 0 Å². The lowest BCUT2D eigenvalue weighted by Gasteiger charge is -2.38. The molecule has 150 valence electrons. The molecule has 0 spiro atoms. The van der Waals surface area contributed by atoms with Crippen LogP contribution in [0.5, 0.6) is 11.5 Å². The molecule has 6 heteroatoms. The third kappa shape index (κ3) is 4.74. The van der Waals surface area contributed by atoms with Gasteiger partial charge in [0.15, 0.2) is 11.5 Å². The Morgan fingerprint density at radius 2 is 1.96 bits per heavy atom. The molecule has 0 N–H and O–H groups in total. The van der Waals surface area contributed by atoms with Gasteiger partial charge in [-0.25, -0.2) is 0 Å². The first kappa shape index (κ1) is 20.0. The molecule has 0 radical (unpaired) electrons. The summed E-state index contributed by atoms with van der Waals surface area (Å²) in [6.07, 6.45) is 2.60. The third-order valence-electron chi connectivity index (χ3n) is 5.31. The number of carbonyl (C=O) groups excluding carboxylic acids is 1. The average molecular weight is 376 g/mol. The van der Waals surface area contributed by atoms with Gasteiger partial charge in [-0.3, -0.25) is 9.69 Å². The number of ether oxygens (including phenoxy) is 3. The normalized spacial score (nSPS) is 26.2. The smallest absolute Gasteiger partial charge is 0.254 e. The van der Waals surface area contributed by atoms with Crippen molar-refractivity contribution in [3.8, 4) is 11.5 Å². The van der Waals surface area contributed by atoms with Crippen LogP contribution in [-0.4, -0.2) is 73.9 Å². The third-order valence-corrected chi connectivity index (χ3v) is 5.31. The lowest BCUT2D eigenvalue weighted by molar-refractivity contribution is -0.0715. The molecule has 0 aliphatic carbocycles. The van der Waals surface area contributed by atoms with Gasteiger partial charge in [-0.2, -0.15) is 0 Å². The van der Waals surface area contributed by atoms with Gasteiger partial charge >= 0.3 is 0 Å². The molecule has 1 aromatic carbocycles. The fourth-order valence-electron chi connectivity index (χ4n) is 4.27. The minimum atomic E-state index is 0.0770. The summed E-state index contributed by atoms with van der Waals surface area (Å²) in [4.78, 5) is 17.6. The summed E-state index contributed by atoms with van der Waals surface area (Å²) in [6, 6.07) is 5.71. The maximum Gasteiger partial charge on any atom is 0.254 e. The summed E-state index contributed by atoms with van der Waals surface area (Å²) in [5, 5.41) is 0. The molecule has 0 saturated carbocycles. The van der Waals surface area contributed by atoms with Gasteiger partial charge in [0, 0.05) is 37.8 Å². The van der Waals surface area contributed by atoms with E-state index in [1.807, 2.05) is 24.0 Å². The molecule has 3 atom stereocenters. The van der Waals surface area contributed by atoms with Crippen molar-refractivity contribution in [2.45, 2.75) is 51.9 Å². The van der Waals surface area contributed by atoms with Gasteiger partial charge in [0.05, 0.1) is 25.9 Å². The Balaban J connectivity index is 1.70. The summed E-state index contributed by atoms with van der Waals surface area (Å²) >= 11 is 0. The van der Waals surface area contributed by atoms with E-state index >= 15 is 0 Å². The number of amides is 1. The topological polar surface area (TPSA) is 51.2 Å². The van der Waals surface area contributed by atoms with Crippen molar-refractivity contribution in [2.75, 3.05) is 39.9 Å². The summed E-state index contributed by atoms with van der Waals surface area (Å²) in [5.41, 5.74) is 0.658. The van der Waals surface area contributed by atoms with E-state index in [4.69, 9.17) is 14.2 Å². The van der Waals surface area contributed by atoms with E-state index in [1.54, 1.807) is 13.2 Å². The Morgan fingerprint density at radius 3 is 2.63 bits per heavy atom. The van der Waals surface area contributed by atoms with Crippen LogP contribution in [0, 0.1) is 0 Å². The molecule has 0 bridgehead atoms. The molecule has 0 aromatic heterocycles. The largest absolute Gasteiger partial charge is 0.493 e. The van der Waals surface area contributed by atoms with Crippen LogP contribution >= 0.6 is 0 Å². The predicted octanol–water partition coefficient (Wildman–Crippen LogP) is 2.81. The Morgan fingerprint density at radius 1 is 1.22 bits per heavy atom. The van der Waals surface area contributed by atoms with Crippen LogP contribution in [0.2, 0.25) is 0 Å². The van der Waals surface area contributed by atoms with Crippen LogP contribution in [0.4, 0.5) is 0 Å². The monoisotopic (exact) mass is 376 g/mol. The molecule has 3 unspecified atom stereocenters. The molecule has 2 aliphatic heterocycles. The number of hydrogen-bond acceptors (Lipinski definition) is 5. The Labute approximate surface area is 162 Å². The number of benzene rings is 1. The van der Waals surface area contributed by atoms with Crippen LogP contribution in [-0.2, 0) is 4.74 Å². The van der Waals surface area contributed by atoms with Gasteiger partial charge in [0.25, 0.3) is 5.91 Å². The molecule has 2 heterocycles. The Hall–Kier alpha value is -1.79. The highest BCUT2D eigenvalue weighted by atomic mass is 16.5. The first-order valence-corrected chi connectivity index (χ1v) is 10.0. The predicted molar refractivity (Wildman–Crippen MR) is 105 cm³/mol. The molecule has 3 rings (SSSR count). The number of methoxy groups -OCH3 is 1. The van der Waals surface area contributed by atoms with Gasteiger partial charge in [-0.05, 0) is 51.8 Å². The standard InChI is InChI=1S/C21H32N2O4/c1-5-26-19-9-8-17(11-20(19)25-4)21(24)23-10-6-7-18(23)14-22-12-15(2)27-16(3)13-22/h8-9,11,15-16,18H,5-7,10,12-14H2,1-4H3. The minimum absolute atomic E-state index is 0.0770. The number of likely N-dealkylation sites (tertiary alicyclic amines) is 1. The second-order valence-corrected chi connectivity index (χ2v) is 7.57. The molecule has 2 fully saturated rings. The highest BCUT2D eigenvalue weighted by Gasteiger charge is 2.33. The van der Waals surface area contributed by atoms with E-state index in [0.29, 0.717) is 23.7 Å². The van der Waals surface area contributed by atoms with E-state index in [-0.39, 0.29) is 24.2 Å². The molecular weight excluding hydrogens is 344 g/mol. The second-order valence-electron chi connectivity index (χ2n) is 7.57.